The number of anilines is 2. The van der Waals surface area contributed by atoms with Crippen LogP contribution < -0.4 is 15.5 Å². The van der Waals surface area contributed by atoms with E-state index in [1.807, 2.05) is 78.9 Å². The Morgan fingerprint density at radius 2 is 0.683 bits per heavy atom. The second kappa shape index (κ2) is 17.5. The number of rotatable bonds is 10. The normalized spacial score (nSPS) is 13.0. The molecule has 0 amide bonds. The molecule has 0 N–H and O–H groups in total. The number of nitriles is 1. The van der Waals surface area contributed by atoms with Gasteiger partial charge in [-0.3, -0.25) is 4.90 Å². The van der Waals surface area contributed by atoms with Crippen LogP contribution in [-0.4, -0.2) is 5.71 Å². The predicted octanol–water partition coefficient (Wildman–Crippen LogP) is 14.5. The van der Waals surface area contributed by atoms with Crippen LogP contribution in [0.4, 0.5) is 11.4 Å². The van der Waals surface area contributed by atoms with E-state index in [4.69, 9.17) is 9.51 Å². The summed E-state index contributed by atoms with van der Waals surface area (Å²) in [5, 5.41) is 13.4. The van der Waals surface area contributed by atoms with Gasteiger partial charge in [0.05, 0.1) is 5.71 Å². The first-order valence-corrected chi connectivity index (χ1v) is 22.7. The summed E-state index contributed by atoms with van der Waals surface area (Å²) in [6, 6.07) is 88.8. The van der Waals surface area contributed by atoms with E-state index in [2.05, 4.69) is 181 Å². The molecule has 0 radical (unpaired) electrons. The molecule has 5 heteroatoms. The van der Waals surface area contributed by atoms with Gasteiger partial charge < -0.3 is 0 Å². The molecule has 0 bridgehead atoms. The molecule has 0 spiro atoms. The third kappa shape index (κ3) is 7.86. The number of benzene rings is 9. The zero-order valence-electron chi connectivity index (χ0n) is 34.4. The van der Waals surface area contributed by atoms with Gasteiger partial charge in [0.2, 0.25) is 0 Å². The van der Waals surface area contributed by atoms with Crippen molar-refractivity contribution in [3.05, 3.63) is 266 Å². The smallest absolute Gasteiger partial charge is 0.159 e. The molecule has 0 unspecified atom stereocenters. The maximum absolute atomic E-state index is 11.4. The maximum Gasteiger partial charge on any atom is 0.159 e. The highest BCUT2D eigenvalue weighted by Crippen LogP contribution is 2.55. The van der Waals surface area contributed by atoms with Crippen LogP contribution in [0.3, 0.4) is 0 Å². The molecule has 298 valence electrons. The topological polar surface area (TPSA) is 51.8 Å². The Morgan fingerprint density at radius 3 is 1.10 bits per heavy atom. The Labute approximate surface area is 369 Å². The summed E-state index contributed by atoms with van der Waals surface area (Å²) in [6.07, 6.45) is 0. The van der Waals surface area contributed by atoms with Crippen molar-refractivity contribution in [2.24, 2.45) is 9.51 Å². The molecule has 63 heavy (non-hydrogen) atoms. The van der Waals surface area contributed by atoms with Crippen molar-refractivity contribution < 1.29 is 0 Å². The summed E-state index contributed by atoms with van der Waals surface area (Å²) in [5.41, 5.74) is 12.5. The van der Waals surface area contributed by atoms with Gasteiger partial charge in [-0.1, -0.05) is 212 Å². The van der Waals surface area contributed by atoms with Gasteiger partial charge in [-0.2, -0.15) is 5.26 Å². The van der Waals surface area contributed by atoms with Gasteiger partial charge in [-0.05, 0) is 80.9 Å². The van der Waals surface area contributed by atoms with Crippen molar-refractivity contribution in [1.82, 2.24) is 0 Å². The molecule has 10 rings (SSSR count). The van der Waals surface area contributed by atoms with Gasteiger partial charge in [0, 0.05) is 27.5 Å². The van der Waals surface area contributed by atoms with Gasteiger partial charge in [0.15, 0.2) is 5.82 Å². The van der Waals surface area contributed by atoms with Crippen LogP contribution in [0.1, 0.15) is 5.56 Å². The van der Waals surface area contributed by atoms with Crippen molar-refractivity contribution in [3.8, 4) is 50.6 Å². The Morgan fingerprint density at radius 1 is 0.349 bits per heavy atom. The lowest BCUT2D eigenvalue weighted by Crippen LogP contribution is -2.26. The summed E-state index contributed by atoms with van der Waals surface area (Å²) in [4.78, 5) is 2.17. The number of hydrogen-bond acceptors (Lipinski definition) is 4. The molecular formula is C58H41N4P. The number of allylic oxidation sites excluding steroid dienone is 1. The molecule has 9 aromatic rings. The summed E-state index contributed by atoms with van der Waals surface area (Å²) in [5.74, 6) is 0.540. The van der Waals surface area contributed by atoms with Crippen molar-refractivity contribution in [3.63, 3.8) is 0 Å². The fraction of sp³-hybridized carbons (Fsp3) is 0. The fourth-order valence-corrected chi connectivity index (χ4v) is 11.2. The Hall–Kier alpha value is -8.09. The van der Waals surface area contributed by atoms with Crippen LogP contribution in [0.2, 0.25) is 0 Å². The second-order valence-corrected chi connectivity index (χ2v) is 18.0. The minimum atomic E-state index is -2.98. The second-order valence-electron chi connectivity index (χ2n) is 15.3. The summed E-state index contributed by atoms with van der Waals surface area (Å²) in [7, 11) is -2.98. The molecule has 0 saturated carbocycles. The average Bonchev–Trinajstić information content (AvgIpc) is 3.38. The molecule has 0 aromatic heterocycles. The van der Waals surface area contributed by atoms with Gasteiger partial charge in [-0.15, -0.1) is 0 Å². The van der Waals surface area contributed by atoms with E-state index in [9.17, 15) is 5.26 Å². The highest BCUT2D eigenvalue weighted by Gasteiger charge is 2.35. The predicted molar refractivity (Wildman–Crippen MR) is 264 cm³/mol. The Kier molecular flexibility index (Phi) is 10.8. The number of nitrogens with zero attached hydrogens (tertiary/aromatic N) is 4. The molecule has 0 aliphatic carbocycles. The fourth-order valence-electron chi connectivity index (χ4n) is 8.28. The highest BCUT2D eigenvalue weighted by molar-refractivity contribution is 7.80. The quantitative estimate of drug-likeness (QED) is 0.129. The van der Waals surface area contributed by atoms with E-state index >= 15 is 0 Å². The lowest BCUT2D eigenvalue weighted by atomic mass is 9.97. The van der Waals surface area contributed by atoms with Crippen molar-refractivity contribution in [1.29, 1.82) is 5.26 Å². The average molecular weight is 825 g/mol. The Bertz CT molecular complexity index is 3060. The van der Waals surface area contributed by atoms with Crippen LogP contribution >= 0.6 is 7.21 Å². The minimum absolute atomic E-state index is 0.400. The third-order valence-electron chi connectivity index (χ3n) is 11.4. The molecular weight excluding hydrogens is 784 g/mol. The molecule has 1 aliphatic rings. The van der Waals surface area contributed by atoms with Gasteiger partial charge in [-0.25, -0.2) is 9.51 Å². The van der Waals surface area contributed by atoms with E-state index in [-0.39, 0.29) is 0 Å². The molecule has 0 atom stereocenters. The van der Waals surface area contributed by atoms with Gasteiger partial charge in [0.1, 0.15) is 18.8 Å². The largest absolute Gasteiger partial charge is 0.294 e. The zero-order valence-corrected chi connectivity index (χ0v) is 35.3. The standard InChI is InChI=1S/C58H41N4P/c59-42-56-57(45-24-10-3-11-25-45)60-63(54-34-12-4-13-35-54,55-36-14-5-15-37-55)61-58(56)62(52-32-18-30-50(40-52)48-28-16-26-46(38-48)43-20-6-1-7-21-43)53-33-19-31-51(41-53)49-29-17-27-47(39-49)44-22-8-2-9-23-44/h1-41H. The van der Waals surface area contributed by atoms with Crippen LogP contribution in [0.5, 0.6) is 0 Å². The van der Waals surface area contributed by atoms with Gasteiger partial charge >= 0.3 is 0 Å². The molecule has 9 aromatic carbocycles. The molecule has 1 aliphatic heterocycles. The SMILES string of the molecule is N#CC1=C(N(c2cccc(-c3cccc(-c4ccccc4)c3)c2)c2cccc(-c3cccc(-c4ccccc4)c3)c2)N=P(c2ccccc2)(c2ccccc2)N=C1c1ccccc1. The van der Waals surface area contributed by atoms with Crippen molar-refractivity contribution >= 4 is 34.9 Å². The molecule has 0 saturated heterocycles. The van der Waals surface area contributed by atoms with Crippen LogP contribution in [-0.2, 0) is 0 Å². The summed E-state index contributed by atoms with van der Waals surface area (Å²) < 4.78 is 11.5. The van der Waals surface area contributed by atoms with E-state index in [0.717, 1.165) is 72.1 Å². The van der Waals surface area contributed by atoms with Crippen molar-refractivity contribution in [2.45, 2.75) is 0 Å². The van der Waals surface area contributed by atoms with Crippen LogP contribution in [0.15, 0.2) is 270 Å². The first-order chi connectivity index (χ1) is 31.2. The summed E-state index contributed by atoms with van der Waals surface area (Å²) >= 11 is 0. The lowest BCUT2D eigenvalue weighted by molar-refractivity contribution is 1.11. The molecule has 0 fully saturated rings. The first kappa shape index (κ1) is 39.1. The van der Waals surface area contributed by atoms with E-state index in [1.54, 1.807) is 0 Å². The Balaban J connectivity index is 1.24. The van der Waals surface area contributed by atoms with Crippen LogP contribution in [0, 0.1) is 11.3 Å². The van der Waals surface area contributed by atoms with Gasteiger partial charge in [0.25, 0.3) is 0 Å². The molecule has 4 nitrogen and oxygen atoms in total. The summed E-state index contributed by atoms with van der Waals surface area (Å²) in [6.45, 7) is 0. The van der Waals surface area contributed by atoms with Crippen LogP contribution in [0.25, 0.3) is 44.5 Å². The van der Waals surface area contributed by atoms with E-state index in [1.165, 1.54) is 0 Å². The third-order valence-corrected chi connectivity index (χ3v) is 14.4. The minimum Gasteiger partial charge on any atom is -0.294 e. The van der Waals surface area contributed by atoms with E-state index < -0.39 is 7.21 Å². The maximum atomic E-state index is 11.4. The monoisotopic (exact) mass is 824 g/mol. The lowest BCUT2D eigenvalue weighted by Gasteiger charge is -2.33. The highest BCUT2D eigenvalue weighted by atomic mass is 31.2. The van der Waals surface area contributed by atoms with E-state index in [0.29, 0.717) is 17.1 Å². The number of hydrogen-bond donors (Lipinski definition) is 0. The molecule has 1 heterocycles. The van der Waals surface area contributed by atoms with Crippen molar-refractivity contribution in [2.75, 3.05) is 4.90 Å². The zero-order chi connectivity index (χ0) is 42.4. The first-order valence-electron chi connectivity index (χ1n) is 21.0.